The molecule has 0 aromatic heterocycles. The summed E-state index contributed by atoms with van der Waals surface area (Å²) >= 11 is 0. The summed E-state index contributed by atoms with van der Waals surface area (Å²) < 4.78 is 11.2. The third-order valence-electron chi connectivity index (χ3n) is 4.93. The first-order valence-electron chi connectivity index (χ1n) is 8.03. The molecule has 0 spiro atoms. The summed E-state index contributed by atoms with van der Waals surface area (Å²) in [5, 5.41) is 12.9. The van der Waals surface area contributed by atoms with Crippen LogP contribution in [0.25, 0.3) is 0 Å². The molecule has 2 aromatic rings. The lowest BCUT2D eigenvalue weighted by atomic mass is 9.99. The monoisotopic (exact) mass is 338 g/mol. The van der Waals surface area contributed by atoms with E-state index in [1.165, 1.54) is 0 Å². The van der Waals surface area contributed by atoms with Gasteiger partial charge in [0, 0.05) is 24.7 Å². The van der Waals surface area contributed by atoms with E-state index in [2.05, 4.69) is 5.16 Å². The molecule has 1 amide bonds. The van der Waals surface area contributed by atoms with Gasteiger partial charge in [-0.25, -0.2) is 0 Å². The minimum Gasteiger partial charge on any atom is -0.497 e. The Kier molecular flexibility index (Phi) is 3.42. The van der Waals surface area contributed by atoms with Crippen molar-refractivity contribution in [3.63, 3.8) is 0 Å². The van der Waals surface area contributed by atoms with Crippen LogP contribution in [-0.2, 0) is 4.79 Å². The van der Waals surface area contributed by atoms with E-state index in [0.29, 0.717) is 17.9 Å². The lowest BCUT2D eigenvalue weighted by Gasteiger charge is -2.29. The van der Waals surface area contributed by atoms with Crippen molar-refractivity contribution in [2.24, 2.45) is 11.1 Å². The minimum atomic E-state index is -0.995. The highest BCUT2D eigenvalue weighted by Gasteiger charge is 2.68. The second-order valence-corrected chi connectivity index (χ2v) is 6.29. The summed E-state index contributed by atoms with van der Waals surface area (Å²) in [7, 11) is 3.31. The van der Waals surface area contributed by atoms with Gasteiger partial charge in [-0.2, -0.15) is 0 Å². The number of rotatable bonds is 3. The standard InChI is InChI=1S/C19H18N2O4/c1-21(12-7-9-13(24-2)10-8-12)18(22)19-11-15(19)17(20-23)14-5-3-4-6-16(14)25-19/h3-10,15,23H,11H2,1-2H3. The van der Waals surface area contributed by atoms with E-state index in [0.717, 1.165) is 17.0 Å². The van der Waals surface area contributed by atoms with Gasteiger partial charge in [0.05, 0.1) is 18.7 Å². The molecule has 2 aliphatic rings. The molecule has 1 N–H and O–H groups in total. The summed E-state index contributed by atoms with van der Waals surface area (Å²) in [6, 6.07) is 14.6. The Bertz CT molecular complexity index is 862. The van der Waals surface area contributed by atoms with Crippen LogP contribution in [0.4, 0.5) is 5.69 Å². The van der Waals surface area contributed by atoms with Gasteiger partial charge in [0.15, 0.2) is 5.60 Å². The SMILES string of the molecule is COc1ccc(N(C)C(=O)C23CC2C(=NO)c2ccccc2O3)cc1. The van der Waals surface area contributed by atoms with Crippen LogP contribution in [0, 0.1) is 5.92 Å². The van der Waals surface area contributed by atoms with Crippen LogP contribution in [0.3, 0.4) is 0 Å². The summed E-state index contributed by atoms with van der Waals surface area (Å²) in [6.45, 7) is 0. The Balaban J connectivity index is 1.65. The highest BCUT2D eigenvalue weighted by Crippen LogP contribution is 2.55. The van der Waals surface area contributed by atoms with Gasteiger partial charge in [-0.3, -0.25) is 4.79 Å². The molecule has 1 fully saturated rings. The second kappa shape index (κ2) is 5.51. The summed E-state index contributed by atoms with van der Waals surface area (Å²) in [4.78, 5) is 14.7. The molecule has 0 bridgehead atoms. The Labute approximate surface area is 145 Å². The Hall–Kier alpha value is -3.02. The van der Waals surface area contributed by atoms with Gasteiger partial charge in [0.2, 0.25) is 0 Å². The number of benzene rings is 2. The van der Waals surface area contributed by atoms with Crippen molar-refractivity contribution in [2.45, 2.75) is 12.0 Å². The molecular formula is C19H18N2O4. The van der Waals surface area contributed by atoms with Gasteiger partial charge in [0.25, 0.3) is 5.91 Å². The highest BCUT2D eigenvalue weighted by atomic mass is 16.5. The summed E-state index contributed by atoms with van der Waals surface area (Å²) in [6.07, 6.45) is 0.500. The lowest BCUT2D eigenvalue weighted by molar-refractivity contribution is -0.127. The van der Waals surface area contributed by atoms with Crippen molar-refractivity contribution in [2.75, 3.05) is 19.1 Å². The zero-order chi connectivity index (χ0) is 17.6. The Morgan fingerprint density at radius 2 is 2.00 bits per heavy atom. The topological polar surface area (TPSA) is 71.4 Å². The third-order valence-corrected chi connectivity index (χ3v) is 4.93. The molecule has 6 nitrogen and oxygen atoms in total. The van der Waals surface area contributed by atoms with Gasteiger partial charge in [0.1, 0.15) is 11.5 Å². The Morgan fingerprint density at radius 3 is 2.68 bits per heavy atom. The Morgan fingerprint density at radius 1 is 1.28 bits per heavy atom. The number of carbonyl (C=O) groups is 1. The second-order valence-electron chi connectivity index (χ2n) is 6.29. The maximum atomic E-state index is 13.1. The van der Waals surface area contributed by atoms with Crippen LogP contribution in [0.2, 0.25) is 0 Å². The fraction of sp³-hybridized carbons (Fsp3) is 0.263. The largest absolute Gasteiger partial charge is 0.497 e. The van der Waals surface area contributed by atoms with Crippen molar-refractivity contribution >= 4 is 17.3 Å². The number of anilines is 1. The van der Waals surface area contributed by atoms with Crippen LogP contribution < -0.4 is 14.4 Å². The molecule has 128 valence electrons. The lowest BCUT2D eigenvalue weighted by Crippen LogP contribution is -2.46. The molecule has 0 saturated heterocycles. The van der Waals surface area contributed by atoms with Gasteiger partial charge >= 0.3 is 0 Å². The van der Waals surface area contributed by atoms with E-state index in [4.69, 9.17) is 9.47 Å². The average molecular weight is 338 g/mol. The number of carbonyl (C=O) groups excluding carboxylic acids is 1. The average Bonchev–Trinajstić information content (AvgIpc) is 3.40. The zero-order valence-corrected chi connectivity index (χ0v) is 14.0. The van der Waals surface area contributed by atoms with Crippen molar-refractivity contribution < 1.29 is 19.5 Å². The van der Waals surface area contributed by atoms with E-state index in [1.807, 2.05) is 30.3 Å². The van der Waals surface area contributed by atoms with Crippen LogP contribution in [0.5, 0.6) is 11.5 Å². The van der Waals surface area contributed by atoms with E-state index in [-0.39, 0.29) is 11.8 Å². The number of hydrogen-bond acceptors (Lipinski definition) is 5. The number of hydrogen-bond donors (Lipinski definition) is 1. The summed E-state index contributed by atoms with van der Waals surface area (Å²) in [5.41, 5.74) is 1.00. The molecule has 2 aromatic carbocycles. The fourth-order valence-electron chi connectivity index (χ4n) is 3.44. The van der Waals surface area contributed by atoms with E-state index in [9.17, 15) is 10.0 Å². The molecule has 6 heteroatoms. The number of oxime groups is 1. The molecule has 4 rings (SSSR count). The predicted molar refractivity (Wildman–Crippen MR) is 92.6 cm³/mol. The van der Waals surface area contributed by atoms with Gasteiger partial charge < -0.3 is 19.6 Å². The first kappa shape index (κ1) is 15.5. The predicted octanol–water partition coefficient (Wildman–Crippen LogP) is 2.69. The van der Waals surface area contributed by atoms with Crippen LogP contribution in [0.1, 0.15) is 12.0 Å². The molecule has 1 heterocycles. The third kappa shape index (κ3) is 2.25. The molecule has 2 atom stereocenters. The van der Waals surface area contributed by atoms with Gasteiger partial charge in [-0.05, 0) is 36.4 Å². The first-order chi connectivity index (χ1) is 12.1. The van der Waals surface area contributed by atoms with Gasteiger partial charge in [-0.15, -0.1) is 0 Å². The van der Waals surface area contributed by atoms with Crippen LogP contribution in [-0.4, -0.2) is 36.6 Å². The maximum absolute atomic E-state index is 13.1. The number of likely N-dealkylation sites (N-methyl/N-ethyl adjacent to an activating group) is 1. The molecule has 0 radical (unpaired) electrons. The van der Waals surface area contributed by atoms with E-state index >= 15 is 0 Å². The minimum absolute atomic E-state index is 0.154. The number of para-hydroxylation sites is 1. The van der Waals surface area contributed by atoms with Crippen molar-refractivity contribution in [1.82, 2.24) is 0 Å². The number of nitrogens with zero attached hydrogens (tertiary/aromatic N) is 2. The maximum Gasteiger partial charge on any atom is 0.271 e. The van der Waals surface area contributed by atoms with E-state index < -0.39 is 5.60 Å². The summed E-state index contributed by atoms with van der Waals surface area (Å²) in [5.74, 6) is 0.907. The van der Waals surface area contributed by atoms with E-state index in [1.54, 1.807) is 37.3 Å². The molecule has 25 heavy (non-hydrogen) atoms. The van der Waals surface area contributed by atoms with Crippen LogP contribution in [0.15, 0.2) is 53.7 Å². The molecular weight excluding hydrogens is 320 g/mol. The molecule has 1 aliphatic carbocycles. The normalized spacial score (nSPS) is 24.7. The van der Waals surface area contributed by atoms with Crippen LogP contribution >= 0.6 is 0 Å². The smallest absolute Gasteiger partial charge is 0.271 e. The van der Waals surface area contributed by atoms with Crippen molar-refractivity contribution in [3.05, 3.63) is 54.1 Å². The van der Waals surface area contributed by atoms with Crippen molar-refractivity contribution in [1.29, 1.82) is 0 Å². The number of amides is 1. The fourth-order valence-corrected chi connectivity index (χ4v) is 3.44. The molecule has 2 unspecified atom stereocenters. The molecule has 1 aliphatic heterocycles. The van der Waals surface area contributed by atoms with Gasteiger partial charge in [-0.1, -0.05) is 17.3 Å². The number of methoxy groups -OCH3 is 1. The highest BCUT2D eigenvalue weighted by molar-refractivity contribution is 6.15. The van der Waals surface area contributed by atoms with Crippen molar-refractivity contribution in [3.8, 4) is 11.5 Å². The number of fused-ring (bicyclic) bond motifs is 2. The molecule has 1 saturated carbocycles. The quantitative estimate of drug-likeness (QED) is 0.690. The number of ether oxygens (including phenoxy) is 2. The zero-order valence-electron chi connectivity index (χ0n) is 14.0. The first-order valence-corrected chi connectivity index (χ1v) is 8.03.